The van der Waals surface area contributed by atoms with Crippen LogP contribution in [-0.2, 0) is 10.8 Å². The molecule has 438 valence electrons. The molecule has 0 spiro atoms. The van der Waals surface area contributed by atoms with Crippen molar-refractivity contribution >= 4 is 123 Å². The van der Waals surface area contributed by atoms with Crippen LogP contribution in [0.4, 0.5) is 34.1 Å². The first-order chi connectivity index (χ1) is 53.6. The van der Waals surface area contributed by atoms with Crippen LogP contribution in [0.1, 0.15) is 81.5 Å². The molecule has 0 fully saturated rings. The summed E-state index contributed by atoms with van der Waals surface area (Å²) in [7, 11) is 0. The van der Waals surface area contributed by atoms with Gasteiger partial charge < -0.3 is 23.4 Å². The Kier molecular flexibility index (Phi) is 8.03. The van der Waals surface area contributed by atoms with Gasteiger partial charge in [-0.15, -0.1) is 0 Å². The van der Waals surface area contributed by atoms with E-state index in [4.69, 9.17) is 16.8 Å². The molecule has 5 nitrogen and oxygen atoms in total. The highest BCUT2D eigenvalue weighted by atomic mass is 16.3. The summed E-state index contributed by atoms with van der Waals surface area (Å²) in [5.41, 5.74) is 10.2. The van der Waals surface area contributed by atoms with Gasteiger partial charge in [0.15, 0.2) is 11.2 Å². The molecule has 0 aliphatic carbocycles. The van der Waals surface area contributed by atoms with Crippen LogP contribution in [0, 0.1) is 0 Å². The SMILES string of the molecule is [2H]c1c([2H])c([2H])c(-c2ccc3c(c2)B2c4ccc(-n5c6c([2H])c([2H])c([2H])c([2H])c6c6c([2H])c([2H])c([2H])c([2H])c65)cc4N(c4c(-c5ccccc5)cc(C(C)(C)C)cc4-c4ccccc4)c4cc(C(C)(C)C)cc(c42)N3c2cccc3c2oc2c(-n4c5c([2H])c([2H])c([2H])c([2H])c5c5c([2H])c([2H])c([2H])c([2H])c54)cccc23)c([2H])c1[2H]. The topological polar surface area (TPSA) is 29.5 Å². The molecule has 0 bridgehead atoms. The number of anilines is 6. The third kappa shape index (κ3) is 8.12. The van der Waals surface area contributed by atoms with Gasteiger partial charge in [0.2, 0.25) is 0 Å². The molecule has 18 rings (SSSR count). The number of benzene rings is 13. The Bertz CT molecular complexity index is 6760. The third-order valence-corrected chi connectivity index (χ3v) is 18.4. The molecular formula is C86H65BN4O. The normalized spacial score (nSPS) is 16.2. The number of para-hydroxylation sites is 6. The average molecular weight is 1200 g/mol. The molecule has 3 aromatic heterocycles. The number of hydrogen-bond donors (Lipinski definition) is 0. The van der Waals surface area contributed by atoms with Crippen LogP contribution in [0.25, 0.3) is 110 Å². The first-order valence-corrected chi connectivity index (χ1v) is 30.6. The largest absolute Gasteiger partial charge is 0.452 e. The van der Waals surface area contributed by atoms with E-state index in [-0.39, 0.29) is 71.7 Å². The lowest BCUT2D eigenvalue weighted by molar-refractivity contribution is 0.590. The molecule has 0 unspecified atom stereocenters. The third-order valence-electron chi connectivity index (χ3n) is 18.4. The lowest BCUT2D eigenvalue weighted by Gasteiger charge is -2.46. The van der Waals surface area contributed by atoms with Crippen molar-refractivity contribution in [3.8, 4) is 44.8 Å². The lowest BCUT2D eigenvalue weighted by Crippen LogP contribution is -2.61. The molecule has 92 heavy (non-hydrogen) atoms. The molecule has 2 aliphatic rings. The van der Waals surface area contributed by atoms with Gasteiger partial charge in [0, 0.05) is 71.9 Å². The Hall–Kier alpha value is -11.1. The quantitative estimate of drug-likeness (QED) is 0.149. The van der Waals surface area contributed by atoms with Crippen LogP contribution in [0.2, 0.25) is 0 Å². The fraction of sp³-hybridized carbons (Fsp3) is 0.0930. The van der Waals surface area contributed by atoms with Crippen molar-refractivity contribution < 1.29 is 33.2 Å². The van der Waals surface area contributed by atoms with Crippen molar-refractivity contribution in [1.29, 1.82) is 0 Å². The van der Waals surface area contributed by atoms with Crippen molar-refractivity contribution in [2.24, 2.45) is 0 Å². The molecule has 0 N–H and O–H groups in total. The van der Waals surface area contributed by atoms with Gasteiger partial charge in [-0.25, -0.2) is 0 Å². The number of furan rings is 1. The van der Waals surface area contributed by atoms with Crippen molar-refractivity contribution in [3.05, 3.63) is 296 Å². The van der Waals surface area contributed by atoms with Crippen LogP contribution < -0.4 is 26.2 Å². The first kappa shape index (κ1) is 36.6. The Morgan fingerprint density at radius 2 is 0.826 bits per heavy atom. The highest BCUT2D eigenvalue weighted by molar-refractivity contribution is 7.00. The van der Waals surface area contributed by atoms with E-state index in [0.717, 1.165) is 33.4 Å². The number of hydrogen-bond acceptors (Lipinski definition) is 3. The molecule has 0 saturated carbocycles. The van der Waals surface area contributed by atoms with Crippen LogP contribution in [0.3, 0.4) is 0 Å². The molecule has 0 amide bonds. The summed E-state index contributed by atoms with van der Waals surface area (Å²) in [5, 5.41) is 0.660. The average Bonchev–Trinajstić information content (AvgIpc) is 1.58. The van der Waals surface area contributed by atoms with Gasteiger partial charge in [-0.2, -0.15) is 0 Å². The highest BCUT2D eigenvalue weighted by Gasteiger charge is 2.46. The van der Waals surface area contributed by atoms with Crippen molar-refractivity contribution in [2.45, 2.75) is 52.4 Å². The van der Waals surface area contributed by atoms with Crippen LogP contribution in [0.5, 0.6) is 0 Å². The summed E-state index contributed by atoms with van der Waals surface area (Å²) in [5.74, 6) is 0. The summed E-state index contributed by atoms with van der Waals surface area (Å²) in [4.78, 5) is 4.32. The molecule has 6 heteroatoms. The smallest absolute Gasteiger partial charge is 0.252 e. The number of aromatic nitrogens is 2. The van der Waals surface area contributed by atoms with Crippen molar-refractivity contribution in [3.63, 3.8) is 0 Å². The zero-order chi connectivity index (χ0) is 80.0. The van der Waals surface area contributed by atoms with Crippen LogP contribution >= 0.6 is 0 Å². The molecule has 13 aromatic carbocycles. The van der Waals surface area contributed by atoms with Crippen molar-refractivity contribution in [1.82, 2.24) is 9.13 Å². The molecule has 16 aromatic rings. The predicted octanol–water partition coefficient (Wildman–Crippen LogP) is 21.5. The first-order valence-electron chi connectivity index (χ1n) is 41.1. The van der Waals surface area contributed by atoms with E-state index in [1.807, 2.05) is 84.9 Å². The van der Waals surface area contributed by atoms with E-state index < -0.39 is 144 Å². The zero-order valence-corrected chi connectivity index (χ0v) is 50.8. The Labute approximate surface area is 565 Å². The molecule has 2 aliphatic heterocycles. The van der Waals surface area contributed by atoms with E-state index in [2.05, 4.69) is 99.9 Å². The number of nitrogens with zero attached hydrogens (tertiary/aromatic N) is 4. The van der Waals surface area contributed by atoms with Gasteiger partial charge in [-0.3, -0.25) is 0 Å². The Balaban J connectivity index is 1.02. The molecule has 5 heterocycles. The minimum Gasteiger partial charge on any atom is -0.452 e. The standard InChI is InChI=1S/C86H65BN4O/c1-85(2,3)58-49-67(55-28-12-8-13-29-55)82(68(50-58)56-30-14-9-15-31-56)91-78-53-60(88-71-38-20-16-32-61(71)62-33-17-21-39-72(62)88)45-46-69(78)87-70-48-57(54-26-10-7-11-27-54)44-47-75(70)90(79-51-59(86(4,5)6)52-80(91)81(79)87)77-43-25-37-66-65-36-24-42-76(83(65)92-84(66)77)89-73-40-22-18-34-63(73)64-35-19-23-41-74(64)89/h7-53H,1-6H3/i7D,10D,11D,16D,17D,18D,19D,20D,21D,22D,23D,26D,27D,32D,33D,34D,35D,38D,39D,40D,41D. The van der Waals surface area contributed by atoms with Crippen LogP contribution in [0.15, 0.2) is 289 Å². The maximum absolute atomic E-state index is 9.76. The van der Waals surface area contributed by atoms with Gasteiger partial charge >= 0.3 is 0 Å². The van der Waals surface area contributed by atoms with E-state index in [1.165, 1.54) is 9.13 Å². The van der Waals surface area contributed by atoms with Crippen LogP contribution in [-0.4, -0.2) is 15.8 Å². The fourth-order valence-corrected chi connectivity index (χ4v) is 14.1. The van der Waals surface area contributed by atoms with Gasteiger partial charge in [-0.1, -0.05) is 247 Å². The summed E-state index contributed by atoms with van der Waals surface area (Å²) in [6.45, 7) is 11.9. The fourth-order valence-electron chi connectivity index (χ4n) is 14.1. The molecule has 0 radical (unpaired) electrons. The van der Waals surface area contributed by atoms with E-state index in [9.17, 15) is 16.4 Å². The predicted molar refractivity (Wildman–Crippen MR) is 390 cm³/mol. The van der Waals surface area contributed by atoms with E-state index >= 15 is 0 Å². The van der Waals surface area contributed by atoms with E-state index in [1.54, 1.807) is 24.3 Å². The Morgan fingerprint density at radius 3 is 1.38 bits per heavy atom. The highest BCUT2D eigenvalue weighted by Crippen LogP contribution is 2.54. The van der Waals surface area contributed by atoms with Gasteiger partial charge in [-0.05, 0) is 139 Å². The minimum absolute atomic E-state index is 0.0708. The minimum atomic E-state index is -0.872. The maximum atomic E-state index is 9.76. The molecule has 0 saturated heterocycles. The Morgan fingerprint density at radius 1 is 0.337 bits per heavy atom. The zero-order valence-electron chi connectivity index (χ0n) is 71.8. The summed E-state index contributed by atoms with van der Waals surface area (Å²) < 4.78 is 204. The number of rotatable bonds is 7. The molecule has 0 atom stereocenters. The lowest BCUT2D eigenvalue weighted by atomic mass is 9.33. The van der Waals surface area contributed by atoms with E-state index in [0.29, 0.717) is 66.9 Å². The second kappa shape index (κ2) is 20.2. The summed E-state index contributed by atoms with van der Waals surface area (Å²) in [6.07, 6.45) is 0. The summed E-state index contributed by atoms with van der Waals surface area (Å²) >= 11 is 0. The maximum Gasteiger partial charge on any atom is 0.252 e. The van der Waals surface area contributed by atoms with Crippen molar-refractivity contribution in [2.75, 3.05) is 9.80 Å². The van der Waals surface area contributed by atoms with Gasteiger partial charge in [0.05, 0.1) is 67.9 Å². The number of fused-ring (bicyclic) bond motifs is 13. The van der Waals surface area contributed by atoms with Gasteiger partial charge in [0.1, 0.15) is 0 Å². The second-order valence-corrected chi connectivity index (χ2v) is 25.7. The second-order valence-electron chi connectivity index (χ2n) is 25.7. The van der Waals surface area contributed by atoms with Gasteiger partial charge in [0.25, 0.3) is 6.71 Å². The summed E-state index contributed by atoms with van der Waals surface area (Å²) in [6, 6.07) is 39.5. The molecular weight excluding hydrogens is 1120 g/mol. The monoisotopic (exact) mass is 1200 g/mol.